The molecular weight excluding hydrogens is 316 g/mol. The molecule has 0 aliphatic heterocycles. The Balaban J connectivity index is 2.19. The molecule has 0 aromatic heterocycles. The Kier molecular flexibility index (Phi) is 5.91. The number of nitrogens with one attached hydrogen (secondary N) is 1. The smallest absolute Gasteiger partial charge is 0.348 e. The van der Waals surface area contributed by atoms with E-state index < -0.39 is 11.4 Å². The van der Waals surface area contributed by atoms with E-state index in [-0.39, 0.29) is 18.1 Å². The summed E-state index contributed by atoms with van der Waals surface area (Å²) in [7, 11) is 0. The van der Waals surface area contributed by atoms with Crippen LogP contribution in [0.5, 0.6) is 0 Å². The largest absolute Gasteiger partial charge is 0.481 e. The molecule has 0 fully saturated rings. The van der Waals surface area contributed by atoms with Gasteiger partial charge >= 0.3 is 6.03 Å². The molecule has 5 heteroatoms. The number of aliphatic imine (C=N–C) groups is 1. The van der Waals surface area contributed by atoms with Gasteiger partial charge in [-0.3, -0.25) is 4.79 Å². The number of urea groups is 1. The summed E-state index contributed by atoms with van der Waals surface area (Å²) in [5, 5.41) is 4.72. The van der Waals surface area contributed by atoms with Gasteiger partial charge in [0.15, 0.2) is 0 Å². The number of Topliss-reactive ketones (excluding diaryl/α,β-unsaturated/α-hetero) is 1. The Labute approximate surface area is 148 Å². The summed E-state index contributed by atoms with van der Waals surface area (Å²) in [6.45, 7) is 7.62. The highest BCUT2D eigenvalue weighted by molar-refractivity contribution is 6.08. The van der Waals surface area contributed by atoms with Crippen LogP contribution in [0, 0.1) is 5.41 Å². The van der Waals surface area contributed by atoms with E-state index in [0.29, 0.717) is 12.3 Å². The van der Waals surface area contributed by atoms with Gasteiger partial charge in [0.05, 0.1) is 18.7 Å². The lowest BCUT2D eigenvalue weighted by Crippen LogP contribution is -2.25. The minimum atomic E-state index is -0.554. The van der Waals surface area contributed by atoms with Crippen molar-refractivity contribution in [3.8, 4) is 0 Å². The Morgan fingerprint density at radius 1 is 1.08 bits per heavy atom. The average molecular weight is 340 g/mol. The number of fused-ring (bicyclic) bond motifs is 1. The Morgan fingerprint density at radius 3 is 2.44 bits per heavy atom. The summed E-state index contributed by atoms with van der Waals surface area (Å²) in [6, 6.07) is 12.9. The summed E-state index contributed by atoms with van der Waals surface area (Å²) in [6.07, 6.45) is 0.000295. The first-order chi connectivity index (χ1) is 11.8. The van der Waals surface area contributed by atoms with E-state index in [2.05, 4.69) is 10.3 Å². The van der Waals surface area contributed by atoms with Crippen LogP contribution in [-0.2, 0) is 9.53 Å². The zero-order chi connectivity index (χ0) is 18.4. The average Bonchev–Trinajstić information content (AvgIpc) is 2.54. The standard InChI is InChI=1S/C20H24N2O3/c1-5-25-18(13-17(23)20(2,3)4)22-19(24)21-16-12-8-10-14-9-6-7-11-15(14)16/h6-12H,5,13H2,1-4H3,(H,21,24). The second kappa shape index (κ2) is 7.92. The summed E-state index contributed by atoms with van der Waals surface area (Å²) in [5.74, 6) is 0.109. The summed E-state index contributed by atoms with van der Waals surface area (Å²) in [4.78, 5) is 28.4. The molecule has 2 aromatic carbocycles. The number of ether oxygens (including phenoxy) is 1. The van der Waals surface area contributed by atoms with E-state index in [1.807, 2.05) is 63.2 Å². The predicted octanol–water partition coefficient (Wildman–Crippen LogP) is 4.81. The van der Waals surface area contributed by atoms with Crippen molar-refractivity contribution < 1.29 is 14.3 Å². The zero-order valence-electron chi connectivity index (χ0n) is 15.1. The van der Waals surface area contributed by atoms with E-state index in [1.165, 1.54) is 0 Å². The summed E-state index contributed by atoms with van der Waals surface area (Å²) >= 11 is 0. The van der Waals surface area contributed by atoms with Crippen molar-refractivity contribution in [2.75, 3.05) is 11.9 Å². The number of nitrogens with zero attached hydrogens (tertiary/aromatic N) is 1. The van der Waals surface area contributed by atoms with E-state index in [4.69, 9.17) is 4.74 Å². The normalized spacial score (nSPS) is 12.1. The van der Waals surface area contributed by atoms with Gasteiger partial charge < -0.3 is 10.1 Å². The fraction of sp³-hybridized carbons (Fsp3) is 0.350. The zero-order valence-corrected chi connectivity index (χ0v) is 15.1. The lowest BCUT2D eigenvalue weighted by molar-refractivity contribution is -0.125. The molecule has 0 saturated carbocycles. The third kappa shape index (κ3) is 5.14. The van der Waals surface area contributed by atoms with E-state index in [0.717, 1.165) is 10.8 Å². The number of hydrogen-bond acceptors (Lipinski definition) is 3. The van der Waals surface area contributed by atoms with Crippen LogP contribution in [0.2, 0.25) is 0 Å². The van der Waals surface area contributed by atoms with Crippen molar-refractivity contribution in [1.29, 1.82) is 0 Å². The SMILES string of the molecule is CCOC(CC(=O)C(C)(C)C)=NC(=O)Nc1cccc2ccccc12. The van der Waals surface area contributed by atoms with Gasteiger partial charge in [0.25, 0.3) is 0 Å². The quantitative estimate of drug-likeness (QED) is 0.641. The van der Waals surface area contributed by atoms with E-state index in [9.17, 15) is 9.59 Å². The predicted molar refractivity (Wildman–Crippen MR) is 101 cm³/mol. The number of hydrogen-bond donors (Lipinski definition) is 1. The number of amides is 2. The first kappa shape index (κ1) is 18.6. The summed E-state index contributed by atoms with van der Waals surface area (Å²) < 4.78 is 5.37. The molecule has 0 heterocycles. The third-order valence-corrected chi connectivity index (χ3v) is 3.72. The van der Waals surface area contributed by atoms with Crippen molar-refractivity contribution >= 4 is 34.2 Å². The maximum Gasteiger partial charge on any atom is 0.348 e. The van der Waals surface area contributed by atoms with Gasteiger partial charge in [-0.15, -0.1) is 0 Å². The molecule has 0 bridgehead atoms. The molecular formula is C20H24N2O3. The number of carbonyl (C=O) groups excluding carboxylic acids is 2. The van der Waals surface area contributed by atoms with E-state index in [1.54, 1.807) is 6.92 Å². The lowest BCUT2D eigenvalue weighted by atomic mass is 9.89. The molecule has 0 aliphatic rings. The Bertz CT molecular complexity index is 799. The first-order valence-electron chi connectivity index (χ1n) is 8.33. The molecule has 25 heavy (non-hydrogen) atoms. The molecule has 132 valence electrons. The molecule has 2 amide bonds. The maximum atomic E-state index is 12.3. The van der Waals surface area contributed by atoms with Gasteiger partial charge in [-0.2, -0.15) is 4.99 Å². The molecule has 0 saturated heterocycles. The minimum Gasteiger partial charge on any atom is -0.481 e. The molecule has 1 N–H and O–H groups in total. The van der Waals surface area contributed by atoms with Crippen molar-refractivity contribution in [3.05, 3.63) is 42.5 Å². The maximum absolute atomic E-state index is 12.3. The van der Waals surface area contributed by atoms with Gasteiger partial charge in [0.2, 0.25) is 5.90 Å². The third-order valence-electron chi connectivity index (χ3n) is 3.72. The highest BCUT2D eigenvalue weighted by Crippen LogP contribution is 2.23. The molecule has 0 spiro atoms. The number of carbonyl (C=O) groups is 2. The number of ketones is 1. The van der Waals surface area contributed by atoms with Crippen LogP contribution < -0.4 is 5.32 Å². The molecule has 5 nitrogen and oxygen atoms in total. The Hall–Kier alpha value is -2.69. The number of benzene rings is 2. The highest BCUT2D eigenvalue weighted by atomic mass is 16.5. The van der Waals surface area contributed by atoms with Crippen LogP contribution in [0.3, 0.4) is 0 Å². The summed E-state index contributed by atoms with van der Waals surface area (Å²) in [5.41, 5.74) is 0.161. The molecule has 0 atom stereocenters. The van der Waals surface area contributed by atoms with Crippen LogP contribution in [0.1, 0.15) is 34.1 Å². The van der Waals surface area contributed by atoms with Gasteiger partial charge in [-0.25, -0.2) is 4.79 Å². The van der Waals surface area contributed by atoms with Crippen molar-refractivity contribution in [1.82, 2.24) is 0 Å². The second-order valence-corrected chi connectivity index (χ2v) is 6.75. The van der Waals surface area contributed by atoms with Gasteiger partial charge in [-0.05, 0) is 18.4 Å². The number of rotatable bonds is 4. The van der Waals surface area contributed by atoms with Crippen molar-refractivity contribution in [2.24, 2.45) is 10.4 Å². The topological polar surface area (TPSA) is 67.8 Å². The van der Waals surface area contributed by atoms with Gasteiger partial charge in [0.1, 0.15) is 5.78 Å². The molecule has 0 unspecified atom stereocenters. The Morgan fingerprint density at radius 2 is 1.76 bits per heavy atom. The molecule has 2 aromatic rings. The fourth-order valence-electron chi connectivity index (χ4n) is 2.28. The fourth-order valence-corrected chi connectivity index (χ4v) is 2.28. The van der Waals surface area contributed by atoms with Crippen LogP contribution in [0.15, 0.2) is 47.5 Å². The van der Waals surface area contributed by atoms with Crippen LogP contribution >= 0.6 is 0 Å². The van der Waals surface area contributed by atoms with Crippen LogP contribution in [0.25, 0.3) is 10.8 Å². The molecule has 0 aliphatic carbocycles. The van der Waals surface area contributed by atoms with Crippen molar-refractivity contribution in [2.45, 2.75) is 34.1 Å². The molecule has 2 rings (SSSR count). The minimum absolute atomic E-state index is 0.000295. The van der Waals surface area contributed by atoms with Crippen LogP contribution in [-0.4, -0.2) is 24.3 Å². The van der Waals surface area contributed by atoms with Gasteiger partial charge in [0, 0.05) is 10.8 Å². The molecule has 0 radical (unpaired) electrons. The van der Waals surface area contributed by atoms with Gasteiger partial charge in [-0.1, -0.05) is 57.2 Å². The number of anilines is 1. The van der Waals surface area contributed by atoms with Crippen LogP contribution in [0.4, 0.5) is 10.5 Å². The first-order valence-corrected chi connectivity index (χ1v) is 8.33. The highest BCUT2D eigenvalue weighted by Gasteiger charge is 2.23. The van der Waals surface area contributed by atoms with E-state index >= 15 is 0 Å². The lowest BCUT2D eigenvalue weighted by Gasteiger charge is -2.17. The second-order valence-electron chi connectivity index (χ2n) is 6.75. The monoisotopic (exact) mass is 340 g/mol. The van der Waals surface area contributed by atoms with Crippen molar-refractivity contribution in [3.63, 3.8) is 0 Å².